The highest BCUT2D eigenvalue weighted by Gasteiger charge is 2.11. The fraction of sp³-hybridized carbons (Fsp3) is 0.500. The smallest absolute Gasteiger partial charge is 0.253 e. The summed E-state index contributed by atoms with van der Waals surface area (Å²) >= 11 is 0. The van der Waals surface area contributed by atoms with Gasteiger partial charge in [-0.25, -0.2) is 0 Å². The first-order chi connectivity index (χ1) is 8.77. The van der Waals surface area contributed by atoms with Crippen molar-refractivity contribution in [2.75, 3.05) is 31.6 Å². The van der Waals surface area contributed by atoms with Crippen LogP contribution in [0, 0.1) is 6.92 Å². The summed E-state index contributed by atoms with van der Waals surface area (Å²) in [7, 11) is 0. The van der Waals surface area contributed by atoms with E-state index in [0.29, 0.717) is 25.3 Å². The van der Waals surface area contributed by atoms with Crippen LogP contribution in [-0.2, 0) is 4.74 Å². The van der Waals surface area contributed by atoms with Crippen LogP contribution < -0.4 is 10.6 Å². The van der Waals surface area contributed by atoms with E-state index in [4.69, 9.17) is 4.74 Å². The summed E-state index contributed by atoms with van der Waals surface area (Å²) in [4.78, 5) is 11.8. The summed E-state index contributed by atoms with van der Waals surface area (Å²) in [6, 6.07) is 5.79. The second-order valence-electron chi connectivity index (χ2n) is 3.84. The lowest BCUT2D eigenvalue weighted by Gasteiger charge is -2.15. The minimum absolute atomic E-state index is 0.0481. The number of hydrogen-bond donors (Lipinski definition) is 2. The Balaban J connectivity index is 0.000000771. The maximum absolute atomic E-state index is 11.8. The molecule has 1 heterocycles. The SMILES string of the molecule is CC.Cc1ccc2c(c1)NCCOCCNC2=O. The number of fused-ring (bicyclic) bond motifs is 1. The van der Waals surface area contributed by atoms with Crippen LogP contribution in [0.1, 0.15) is 29.8 Å². The summed E-state index contributed by atoms with van der Waals surface area (Å²) in [6.07, 6.45) is 0. The molecule has 1 aromatic rings. The lowest BCUT2D eigenvalue weighted by atomic mass is 10.1. The second-order valence-corrected chi connectivity index (χ2v) is 3.84. The topological polar surface area (TPSA) is 50.4 Å². The lowest BCUT2D eigenvalue weighted by Crippen LogP contribution is -2.30. The van der Waals surface area contributed by atoms with Crippen molar-refractivity contribution in [3.8, 4) is 0 Å². The zero-order valence-electron chi connectivity index (χ0n) is 11.4. The third kappa shape index (κ3) is 4.04. The van der Waals surface area contributed by atoms with Crippen molar-refractivity contribution in [2.45, 2.75) is 20.8 Å². The predicted octanol–water partition coefficient (Wildman–Crippen LogP) is 2.19. The van der Waals surface area contributed by atoms with Crippen molar-refractivity contribution in [2.24, 2.45) is 0 Å². The zero-order chi connectivity index (χ0) is 13.4. The Morgan fingerprint density at radius 3 is 2.50 bits per heavy atom. The molecule has 1 amide bonds. The van der Waals surface area contributed by atoms with Gasteiger partial charge in [-0.05, 0) is 24.6 Å². The zero-order valence-corrected chi connectivity index (χ0v) is 11.4. The van der Waals surface area contributed by atoms with E-state index in [9.17, 15) is 4.79 Å². The molecule has 0 saturated carbocycles. The average molecular weight is 250 g/mol. The van der Waals surface area contributed by atoms with Gasteiger partial charge in [0.2, 0.25) is 0 Å². The molecule has 0 atom stereocenters. The van der Waals surface area contributed by atoms with Crippen molar-refractivity contribution < 1.29 is 9.53 Å². The highest BCUT2D eigenvalue weighted by Crippen LogP contribution is 2.17. The summed E-state index contributed by atoms with van der Waals surface area (Å²) in [6.45, 7) is 8.52. The molecule has 1 aromatic carbocycles. The number of benzene rings is 1. The first kappa shape index (κ1) is 14.5. The van der Waals surface area contributed by atoms with Crippen LogP contribution in [0.2, 0.25) is 0 Å². The Labute approximate surface area is 109 Å². The molecule has 100 valence electrons. The molecular weight excluding hydrogens is 228 g/mol. The van der Waals surface area contributed by atoms with E-state index >= 15 is 0 Å². The Kier molecular flexibility index (Phi) is 6.22. The Morgan fingerprint density at radius 1 is 1.11 bits per heavy atom. The van der Waals surface area contributed by atoms with Crippen molar-refractivity contribution in [3.05, 3.63) is 29.3 Å². The minimum atomic E-state index is -0.0481. The normalized spacial score (nSPS) is 15.4. The van der Waals surface area contributed by atoms with E-state index in [1.54, 1.807) is 0 Å². The van der Waals surface area contributed by atoms with Crippen LogP contribution >= 0.6 is 0 Å². The number of amides is 1. The minimum Gasteiger partial charge on any atom is -0.382 e. The Bertz CT molecular complexity index is 391. The molecule has 0 saturated heterocycles. The summed E-state index contributed by atoms with van der Waals surface area (Å²) in [5, 5.41) is 6.04. The number of anilines is 1. The second kappa shape index (κ2) is 7.71. The largest absolute Gasteiger partial charge is 0.382 e. The highest BCUT2D eigenvalue weighted by molar-refractivity contribution is 5.99. The fourth-order valence-corrected chi connectivity index (χ4v) is 1.69. The third-order valence-corrected chi connectivity index (χ3v) is 2.51. The first-order valence-electron chi connectivity index (χ1n) is 6.48. The molecular formula is C14H22N2O2. The standard InChI is InChI=1S/C12H16N2O2.C2H6/c1-9-2-3-10-11(8-9)13-4-6-16-7-5-14-12(10)15;1-2/h2-3,8,13H,4-7H2,1H3,(H,14,15);1-2H3. The van der Waals surface area contributed by atoms with E-state index in [-0.39, 0.29) is 5.91 Å². The maximum atomic E-state index is 11.8. The number of carbonyl (C=O) groups is 1. The molecule has 0 bridgehead atoms. The van der Waals surface area contributed by atoms with Crippen LogP contribution in [0.4, 0.5) is 5.69 Å². The molecule has 4 nitrogen and oxygen atoms in total. The van der Waals surface area contributed by atoms with Gasteiger partial charge in [-0.3, -0.25) is 4.79 Å². The van der Waals surface area contributed by atoms with Gasteiger partial charge in [0.25, 0.3) is 5.91 Å². The monoisotopic (exact) mass is 250 g/mol. The first-order valence-corrected chi connectivity index (χ1v) is 6.48. The van der Waals surface area contributed by atoms with E-state index in [0.717, 1.165) is 17.8 Å². The summed E-state index contributed by atoms with van der Waals surface area (Å²) < 4.78 is 5.33. The quantitative estimate of drug-likeness (QED) is 0.742. The van der Waals surface area contributed by atoms with Crippen molar-refractivity contribution >= 4 is 11.6 Å². The van der Waals surface area contributed by atoms with Gasteiger partial charge in [-0.15, -0.1) is 0 Å². The van der Waals surface area contributed by atoms with Crippen LogP contribution in [0.25, 0.3) is 0 Å². The summed E-state index contributed by atoms with van der Waals surface area (Å²) in [5.74, 6) is -0.0481. The van der Waals surface area contributed by atoms with E-state index in [1.165, 1.54) is 0 Å². The van der Waals surface area contributed by atoms with Gasteiger partial charge < -0.3 is 15.4 Å². The van der Waals surface area contributed by atoms with Crippen LogP contribution in [0.15, 0.2) is 18.2 Å². The van der Waals surface area contributed by atoms with Crippen molar-refractivity contribution in [3.63, 3.8) is 0 Å². The molecule has 0 spiro atoms. The summed E-state index contributed by atoms with van der Waals surface area (Å²) in [5.41, 5.74) is 2.72. The van der Waals surface area contributed by atoms with Crippen LogP contribution in [0.5, 0.6) is 0 Å². The Hall–Kier alpha value is -1.55. The van der Waals surface area contributed by atoms with Gasteiger partial charge in [0.05, 0.1) is 18.8 Å². The fourth-order valence-electron chi connectivity index (χ4n) is 1.69. The third-order valence-electron chi connectivity index (χ3n) is 2.51. The lowest BCUT2D eigenvalue weighted by molar-refractivity contribution is 0.0918. The van der Waals surface area contributed by atoms with Gasteiger partial charge >= 0.3 is 0 Å². The molecule has 4 heteroatoms. The molecule has 2 rings (SSSR count). The number of hydrogen-bond acceptors (Lipinski definition) is 3. The van der Waals surface area contributed by atoms with E-state index in [2.05, 4.69) is 10.6 Å². The van der Waals surface area contributed by atoms with E-state index < -0.39 is 0 Å². The molecule has 2 N–H and O–H groups in total. The number of aryl methyl sites for hydroxylation is 1. The average Bonchev–Trinajstić information content (AvgIpc) is 2.40. The highest BCUT2D eigenvalue weighted by atomic mass is 16.5. The van der Waals surface area contributed by atoms with Crippen LogP contribution in [0.3, 0.4) is 0 Å². The molecule has 1 aliphatic heterocycles. The number of nitrogens with one attached hydrogen (secondary N) is 2. The number of rotatable bonds is 0. The van der Waals surface area contributed by atoms with Gasteiger partial charge in [-0.1, -0.05) is 19.9 Å². The molecule has 0 aromatic heterocycles. The molecule has 1 aliphatic rings. The molecule has 18 heavy (non-hydrogen) atoms. The number of carbonyl (C=O) groups excluding carboxylic acids is 1. The molecule has 0 unspecified atom stereocenters. The molecule has 0 aliphatic carbocycles. The maximum Gasteiger partial charge on any atom is 0.253 e. The van der Waals surface area contributed by atoms with Crippen molar-refractivity contribution in [1.29, 1.82) is 0 Å². The predicted molar refractivity (Wildman–Crippen MR) is 74.2 cm³/mol. The molecule has 0 fully saturated rings. The van der Waals surface area contributed by atoms with Gasteiger partial charge in [0.15, 0.2) is 0 Å². The van der Waals surface area contributed by atoms with Gasteiger partial charge in [0, 0.05) is 18.8 Å². The Morgan fingerprint density at radius 2 is 1.78 bits per heavy atom. The van der Waals surface area contributed by atoms with E-state index in [1.807, 2.05) is 39.0 Å². The van der Waals surface area contributed by atoms with Crippen LogP contribution in [-0.4, -0.2) is 32.2 Å². The molecule has 0 radical (unpaired) electrons. The number of ether oxygens (including phenoxy) is 1. The van der Waals surface area contributed by atoms with Gasteiger partial charge in [0.1, 0.15) is 0 Å². The van der Waals surface area contributed by atoms with Crippen molar-refractivity contribution in [1.82, 2.24) is 5.32 Å². The van der Waals surface area contributed by atoms with Gasteiger partial charge in [-0.2, -0.15) is 0 Å².